The number of hydrogen-bond donors (Lipinski definition) is 1. The Hall–Kier alpha value is -3.55. The van der Waals surface area contributed by atoms with E-state index in [-0.39, 0.29) is 30.6 Å². The van der Waals surface area contributed by atoms with Crippen molar-refractivity contribution in [3.8, 4) is 17.2 Å². The first-order chi connectivity index (χ1) is 18.3. The minimum Gasteiger partial charge on any atom is -0.486 e. The van der Waals surface area contributed by atoms with Crippen molar-refractivity contribution in [2.75, 3.05) is 45.7 Å². The SMILES string of the molecule is C[C@@H]1CN([C@@H](C)CO)C(=O)c2cccc(N(C)C)c2O[C@H]1CN(C)Cc1ccc(Oc2ccccc2)cc1. The van der Waals surface area contributed by atoms with Gasteiger partial charge in [0.1, 0.15) is 17.6 Å². The molecule has 4 rings (SSSR count). The molecule has 0 aromatic heterocycles. The molecule has 1 aliphatic heterocycles. The molecule has 202 valence electrons. The summed E-state index contributed by atoms with van der Waals surface area (Å²) < 4.78 is 12.6. The maximum Gasteiger partial charge on any atom is 0.258 e. The minimum absolute atomic E-state index is 0.0559. The van der Waals surface area contributed by atoms with Crippen LogP contribution in [-0.2, 0) is 6.54 Å². The number of nitrogens with zero attached hydrogens (tertiary/aromatic N) is 3. The van der Waals surface area contributed by atoms with E-state index >= 15 is 0 Å². The number of amides is 1. The molecule has 0 aliphatic carbocycles. The number of hydrogen-bond acceptors (Lipinski definition) is 6. The van der Waals surface area contributed by atoms with Crippen LogP contribution in [0, 0.1) is 5.92 Å². The molecule has 1 amide bonds. The number of fused-ring (bicyclic) bond motifs is 1. The predicted octanol–water partition coefficient (Wildman–Crippen LogP) is 4.90. The van der Waals surface area contributed by atoms with E-state index in [4.69, 9.17) is 9.47 Å². The fourth-order valence-corrected chi connectivity index (χ4v) is 4.77. The molecule has 3 aromatic rings. The molecule has 7 nitrogen and oxygen atoms in total. The molecule has 3 aromatic carbocycles. The van der Waals surface area contributed by atoms with Gasteiger partial charge in [0.2, 0.25) is 0 Å². The highest BCUT2D eigenvalue weighted by Crippen LogP contribution is 2.36. The summed E-state index contributed by atoms with van der Waals surface area (Å²) in [5.41, 5.74) is 2.57. The van der Waals surface area contributed by atoms with Gasteiger partial charge >= 0.3 is 0 Å². The Labute approximate surface area is 226 Å². The van der Waals surface area contributed by atoms with E-state index in [9.17, 15) is 9.90 Å². The largest absolute Gasteiger partial charge is 0.486 e. The number of rotatable bonds is 9. The standard InChI is InChI=1S/C31H39N3O4/c1-22-18-34(23(2)21-35)31(36)27-12-9-13-28(32(3)4)30(27)38-29(22)20-33(5)19-24-14-16-26(17-15-24)37-25-10-7-6-8-11-25/h6-17,22-23,29,35H,18-21H2,1-5H3/t22-,23+,29+/m1/s1. The van der Waals surface area contributed by atoms with Crippen LogP contribution in [0.4, 0.5) is 5.69 Å². The lowest BCUT2D eigenvalue weighted by atomic mass is 9.98. The van der Waals surface area contributed by atoms with Crippen LogP contribution in [0.1, 0.15) is 29.8 Å². The lowest BCUT2D eigenvalue weighted by Gasteiger charge is -2.39. The molecule has 0 spiro atoms. The van der Waals surface area contributed by atoms with Crippen LogP contribution in [-0.4, -0.2) is 73.8 Å². The third-order valence-electron chi connectivity index (χ3n) is 7.00. The smallest absolute Gasteiger partial charge is 0.258 e. The van der Waals surface area contributed by atoms with Crippen molar-refractivity contribution in [3.05, 3.63) is 83.9 Å². The summed E-state index contributed by atoms with van der Waals surface area (Å²) in [7, 11) is 5.99. The van der Waals surface area contributed by atoms with Crippen molar-refractivity contribution < 1.29 is 19.4 Å². The summed E-state index contributed by atoms with van der Waals surface area (Å²) in [6, 6.07) is 23.3. The van der Waals surface area contributed by atoms with Gasteiger partial charge in [-0.3, -0.25) is 9.69 Å². The zero-order chi connectivity index (χ0) is 27.2. The molecule has 0 unspecified atom stereocenters. The number of likely N-dealkylation sites (N-methyl/N-ethyl adjacent to an activating group) is 1. The number of anilines is 1. The topological polar surface area (TPSA) is 65.5 Å². The van der Waals surface area contributed by atoms with Crippen LogP contribution >= 0.6 is 0 Å². The molecule has 0 fully saturated rings. The molecule has 0 radical (unpaired) electrons. The normalized spacial score (nSPS) is 18.3. The number of carbonyl (C=O) groups excluding carboxylic acids is 1. The molecule has 1 N–H and O–H groups in total. The minimum atomic E-state index is -0.283. The highest BCUT2D eigenvalue weighted by atomic mass is 16.5. The Kier molecular flexibility index (Phi) is 8.92. The van der Waals surface area contributed by atoms with Crippen molar-refractivity contribution >= 4 is 11.6 Å². The molecule has 1 aliphatic rings. The predicted molar refractivity (Wildman–Crippen MR) is 151 cm³/mol. The quantitative estimate of drug-likeness (QED) is 0.436. The summed E-state index contributed by atoms with van der Waals surface area (Å²) in [5, 5.41) is 9.87. The van der Waals surface area contributed by atoms with E-state index in [0.29, 0.717) is 24.4 Å². The van der Waals surface area contributed by atoms with Gasteiger partial charge in [-0.05, 0) is 55.9 Å². The number of aliphatic hydroxyl groups excluding tert-OH is 1. The van der Waals surface area contributed by atoms with Crippen LogP contribution in [0.5, 0.6) is 17.2 Å². The maximum absolute atomic E-state index is 13.5. The summed E-state index contributed by atoms with van der Waals surface area (Å²) >= 11 is 0. The molecule has 1 heterocycles. The first-order valence-corrected chi connectivity index (χ1v) is 13.2. The van der Waals surface area contributed by atoms with Gasteiger partial charge in [-0.25, -0.2) is 0 Å². The highest BCUT2D eigenvalue weighted by molar-refractivity contribution is 5.99. The Morgan fingerprint density at radius 1 is 1.00 bits per heavy atom. The van der Waals surface area contributed by atoms with Crippen LogP contribution in [0.25, 0.3) is 0 Å². The maximum atomic E-state index is 13.5. The first-order valence-electron chi connectivity index (χ1n) is 13.2. The van der Waals surface area contributed by atoms with Gasteiger partial charge in [0.15, 0.2) is 5.75 Å². The van der Waals surface area contributed by atoms with Gasteiger partial charge in [-0.2, -0.15) is 0 Å². The van der Waals surface area contributed by atoms with E-state index < -0.39 is 0 Å². The zero-order valence-corrected chi connectivity index (χ0v) is 23.0. The van der Waals surface area contributed by atoms with Crippen LogP contribution in [0.3, 0.4) is 0 Å². The number of benzene rings is 3. The molecule has 7 heteroatoms. The van der Waals surface area contributed by atoms with Gasteiger partial charge in [-0.15, -0.1) is 0 Å². The zero-order valence-electron chi connectivity index (χ0n) is 23.0. The third kappa shape index (κ3) is 6.47. The van der Waals surface area contributed by atoms with Crippen molar-refractivity contribution in [3.63, 3.8) is 0 Å². The van der Waals surface area contributed by atoms with Gasteiger partial charge in [0, 0.05) is 39.6 Å². The average molecular weight is 518 g/mol. The second-order valence-electron chi connectivity index (χ2n) is 10.4. The molecular weight excluding hydrogens is 478 g/mol. The summed E-state index contributed by atoms with van der Waals surface area (Å²) in [6.45, 7) is 5.85. The van der Waals surface area contributed by atoms with Crippen molar-refractivity contribution in [2.45, 2.75) is 32.5 Å². The van der Waals surface area contributed by atoms with Gasteiger partial charge in [-0.1, -0.05) is 43.3 Å². The number of para-hydroxylation sites is 2. The van der Waals surface area contributed by atoms with Crippen LogP contribution in [0.2, 0.25) is 0 Å². The molecule has 0 saturated heterocycles. The van der Waals surface area contributed by atoms with E-state index in [1.54, 1.807) is 4.90 Å². The van der Waals surface area contributed by atoms with Gasteiger partial charge < -0.3 is 24.4 Å². The van der Waals surface area contributed by atoms with E-state index in [1.165, 1.54) is 5.56 Å². The van der Waals surface area contributed by atoms with Crippen molar-refractivity contribution in [1.82, 2.24) is 9.80 Å². The first kappa shape index (κ1) is 27.5. The summed E-state index contributed by atoms with van der Waals surface area (Å²) in [6.07, 6.45) is -0.151. The van der Waals surface area contributed by atoms with Crippen molar-refractivity contribution in [2.24, 2.45) is 5.92 Å². The molecule has 0 bridgehead atoms. The lowest BCUT2D eigenvalue weighted by Crippen LogP contribution is -2.49. The highest BCUT2D eigenvalue weighted by Gasteiger charge is 2.34. The molecular formula is C31H39N3O4. The van der Waals surface area contributed by atoms with E-state index in [2.05, 4.69) is 31.0 Å². The number of aliphatic hydroxyl groups is 1. The number of carbonyl (C=O) groups is 1. The molecule has 0 saturated carbocycles. The third-order valence-corrected chi connectivity index (χ3v) is 7.00. The van der Waals surface area contributed by atoms with Crippen LogP contribution in [0.15, 0.2) is 72.8 Å². The van der Waals surface area contributed by atoms with Gasteiger partial charge in [0.05, 0.1) is 23.9 Å². The monoisotopic (exact) mass is 517 g/mol. The number of ether oxygens (including phenoxy) is 2. The second-order valence-corrected chi connectivity index (χ2v) is 10.4. The molecule has 38 heavy (non-hydrogen) atoms. The van der Waals surface area contributed by atoms with E-state index in [1.807, 2.05) is 86.6 Å². The Morgan fingerprint density at radius 2 is 1.68 bits per heavy atom. The fraction of sp³-hybridized carbons (Fsp3) is 0.387. The Bertz CT molecular complexity index is 1200. The van der Waals surface area contributed by atoms with E-state index in [0.717, 1.165) is 23.7 Å². The second kappa shape index (κ2) is 12.3. The van der Waals surface area contributed by atoms with Crippen molar-refractivity contribution in [1.29, 1.82) is 0 Å². The van der Waals surface area contributed by atoms with Crippen LogP contribution < -0.4 is 14.4 Å². The van der Waals surface area contributed by atoms with Gasteiger partial charge in [0.25, 0.3) is 5.91 Å². The lowest BCUT2D eigenvalue weighted by molar-refractivity contribution is 0.0343. The molecule has 3 atom stereocenters. The summed E-state index contributed by atoms with van der Waals surface area (Å²) in [4.78, 5) is 19.5. The summed E-state index contributed by atoms with van der Waals surface area (Å²) in [5.74, 6) is 2.16. The average Bonchev–Trinajstić information content (AvgIpc) is 2.91. The fourth-order valence-electron chi connectivity index (χ4n) is 4.77. The Morgan fingerprint density at radius 3 is 2.34 bits per heavy atom. The Balaban J connectivity index is 1.51.